The van der Waals surface area contributed by atoms with Crippen molar-refractivity contribution in [3.63, 3.8) is 0 Å². The molecular formula is C58H45BCl4F12N12O6S2. The lowest BCUT2D eigenvalue weighted by Gasteiger charge is -2.10. The van der Waals surface area contributed by atoms with E-state index in [0.717, 1.165) is 48.5 Å². The lowest BCUT2D eigenvalue weighted by Crippen LogP contribution is -2.30. The molecule has 0 saturated carbocycles. The molecule has 0 aliphatic carbocycles. The molecule has 500 valence electrons. The van der Waals surface area contributed by atoms with Crippen LogP contribution in [-0.4, -0.2) is 73.9 Å². The van der Waals surface area contributed by atoms with Gasteiger partial charge in [-0.25, -0.2) is 67.0 Å². The minimum absolute atomic E-state index is 0.169. The highest BCUT2D eigenvalue weighted by Crippen LogP contribution is 2.35. The summed E-state index contributed by atoms with van der Waals surface area (Å²) in [7, 11) is -8.99. The molecule has 95 heavy (non-hydrogen) atoms. The Morgan fingerprint density at radius 1 is 0.400 bits per heavy atom. The quantitative estimate of drug-likeness (QED) is 0.0321. The first-order chi connectivity index (χ1) is 44.2. The van der Waals surface area contributed by atoms with Crippen molar-refractivity contribution in [1.29, 1.82) is 0 Å². The molecule has 9 N–H and O–H groups in total. The molecule has 6 aromatic carbocycles. The van der Waals surface area contributed by atoms with Crippen molar-refractivity contribution in [2.45, 2.75) is 36.2 Å². The third-order valence-corrected chi connectivity index (χ3v) is 13.7. The Labute approximate surface area is 553 Å². The maximum atomic E-state index is 12.9. The molecule has 0 fully saturated rings. The van der Waals surface area contributed by atoms with Gasteiger partial charge in [0.05, 0.1) is 50.8 Å². The van der Waals surface area contributed by atoms with Crippen LogP contribution in [0.4, 0.5) is 69.9 Å². The van der Waals surface area contributed by atoms with E-state index in [1.807, 2.05) is 0 Å². The molecule has 37 heteroatoms. The lowest BCUT2D eigenvalue weighted by molar-refractivity contribution is -0.138. The van der Waals surface area contributed by atoms with Gasteiger partial charge in [0.1, 0.15) is 51.7 Å². The van der Waals surface area contributed by atoms with Crippen LogP contribution in [0.25, 0.3) is 33.8 Å². The Morgan fingerprint density at radius 2 is 0.737 bits per heavy atom. The van der Waals surface area contributed by atoms with Crippen LogP contribution in [-0.2, 0) is 56.3 Å². The second-order valence-corrected chi connectivity index (χ2v) is 23.6. The van der Waals surface area contributed by atoms with Gasteiger partial charge in [0.25, 0.3) is 0 Å². The van der Waals surface area contributed by atoms with Crippen molar-refractivity contribution in [3.05, 3.63) is 249 Å². The molecular weight excluding hydrogens is 1410 g/mol. The fraction of sp³-hybridized carbons (Fsp3) is 0.103. The van der Waals surface area contributed by atoms with Gasteiger partial charge >= 0.3 is 31.8 Å². The van der Waals surface area contributed by atoms with E-state index in [0.29, 0.717) is 78.5 Å². The molecule has 4 aromatic heterocycles. The second-order valence-electron chi connectivity index (χ2n) is 18.8. The molecule has 0 radical (unpaired) electrons. The normalized spacial score (nSPS) is 11.5. The Bertz CT molecular complexity index is 4310. The predicted octanol–water partition coefficient (Wildman–Crippen LogP) is 13.6. The van der Waals surface area contributed by atoms with Crippen LogP contribution in [0.3, 0.4) is 0 Å². The van der Waals surface area contributed by atoms with Gasteiger partial charge in [-0.1, -0.05) is 131 Å². The van der Waals surface area contributed by atoms with Gasteiger partial charge in [0, 0.05) is 52.3 Å². The van der Waals surface area contributed by atoms with Crippen molar-refractivity contribution >= 4 is 96.2 Å². The Morgan fingerprint density at radius 3 is 1.09 bits per heavy atom. The smallest absolute Gasteiger partial charge is 0.423 e. The first-order valence-corrected chi connectivity index (χ1v) is 30.8. The monoisotopic (exact) mass is 1450 g/mol. The summed E-state index contributed by atoms with van der Waals surface area (Å²) in [4.78, 5) is 30.4. The summed E-state index contributed by atoms with van der Waals surface area (Å²) in [5.41, 5.74) is 6.38. The molecule has 0 unspecified atom stereocenters. The molecule has 0 amide bonds. The number of nitrogen functional groups attached to an aromatic ring is 1. The van der Waals surface area contributed by atoms with Gasteiger partial charge < -0.3 is 21.1 Å². The summed E-state index contributed by atoms with van der Waals surface area (Å²) in [5.74, 6) is -0.144. The molecule has 0 aliphatic rings. The average Bonchev–Trinajstić information content (AvgIpc) is 0.849. The van der Waals surface area contributed by atoms with Gasteiger partial charge in [-0.3, -0.25) is 0 Å². The summed E-state index contributed by atoms with van der Waals surface area (Å²) < 4.78 is 194. The lowest BCUT2D eigenvalue weighted by atomic mass is 9.79. The molecule has 10 aromatic rings. The number of nitrogens with two attached hydrogens (primary N) is 3. The molecule has 18 nitrogen and oxygen atoms in total. The van der Waals surface area contributed by atoms with E-state index in [2.05, 4.69) is 45.2 Å². The minimum Gasteiger partial charge on any atom is -0.423 e. The van der Waals surface area contributed by atoms with Crippen LogP contribution in [0.5, 0.6) is 0 Å². The maximum Gasteiger partial charge on any atom is 0.488 e. The van der Waals surface area contributed by atoms with E-state index in [4.69, 9.17) is 72.5 Å². The number of primary sulfonamides is 2. The third kappa shape index (κ3) is 28.1. The predicted molar refractivity (Wildman–Crippen MR) is 335 cm³/mol. The van der Waals surface area contributed by atoms with Crippen LogP contribution in [0.2, 0.25) is 20.6 Å². The number of aromatic nitrogens is 8. The molecule has 0 aliphatic heterocycles. The number of sulfonamides is 2. The zero-order valence-corrected chi connectivity index (χ0v) is 52.3. The number of halogens is 16. The fourth-order valence-electron chi connectivity index (χ4n) is 7.35. The minimum atomic E-state index is -4.45. The highest BCUT2D eigenvalue weighted by Gasteiger charge is 2.33. The van der Waals surface area contributed by atoms with Gasteiger partial charge in [-0.2, -0.15) is 52.7 Å². The molecule has 0 atom stereocenters. The number of alkyl halides is 12. The molecule has 0 saturated heterocycles. The second kappa shape index (κ2) is 34.2. The van der Waals surface area contributed by atoms with Crippen LogP contribution in [0, 0.1) is 0 Å². The van der Waals surface area contributed by atoms with Crippen molar-refractivity contribution in [3.8, 4) is 33.8 Å². The molecule has 0 spiro atoms. The number of rotatable bonds is 10. The van der Waals surface area contributed by atoms with Gasteiger partial charge in [-0.15, -0.1) is 0 Å². The van der Waals surface area contributed by atoms with Crippen LogP contribution < -0.4 is 26.8 Å². The summed E-state index contributed by atoms with van der Waals surface area (Å²) in [6.07, 6.45) is -12.7. The highest BCUT2D eigenvalue weighted by molar-refractivity contribution is 7.88. The Hall–Kier alpha value is -8.64. The maximum absolute atomic E-state index is 12.9. The summed E-state index contributed by atoms with van der Waals surface area (Å²) in [5, 5.41) is 31.2. The standard InChI is InChI=1S/C18H15F3N4O2S.2C11H6ClF3N2.C7H6BF3O2.C7H10N2O2S.C4H2Cl2N2/c19-18(20,21)14-5-2-4-13(8-14)16-9-17(24-11-23-16)25-15-6-1-3-12(7-15)10-28(22,26)27;2*12-10-5-9(16-6-17-10)7-2-1-3-8(4-7)11(13,14)15;9-7(10,11)5-2-1-3-6(4-5)8(12)13;8-7-3-1-2-6(4-7)5-12(9,10)11;5-3-1-4(6)8-2-7-3/h1-9,11H,10H2,(H2,22,26,27)(H,23,24,25);2*1-6H;1-4,12-13H;1-4H,5,8H2,(H2,9,10,11);1-2H. The van der Waals surface area contributed by atoms with Crippen LogP contribution >= 0.6 is 46.4 Å². The number of nitrogens with zero attached hydrogens (tertiary/aromatic N) is 8. The van der Waals surface area contributed by atoms with E-state index >= 15 is 0 Å². The first-order valence-electron chi connectivity index (χ1n) is 25.9. The topological polar surface area (TPSA) is 302 Å². The summed E-state index contributed by atoms with van der Waals surface area (Å²) >= 11 is 22.1. The largest absolute Gasteiger partial charge is 0.488 e. The summed E-state index contributed by atoms with van der Waals surface area (Å²) in [6.45, 7) is 0. The van der Waals surface area contributed by atoms with Gasteiger partial charge in [0.2, 0.25) is 20.0 Å². The van der Waals surface area contributed by atoms with E-state index in [1.54, 1.807) is 48.5 Å². The van der Waals surface area contributed by atoms with Crippen LogP contribution in [0.15, 0.2) is 195 Å². The van der Waals surface area contributed by atoms with E-state index in [-0.39, 0.29) is 27.3 Å². The SMILES string of the molecule is Clc1cc(Cl)ncn1.FC(F)(F)c1cccc(-c2cc(Cl)ncn2)c1.FC(F)(F)c1cccc(-c2cc(Cl)ncn2)c1.NS(=O)(=O)Cc1cccc(Nc2cc(-c3cccc(C(F)(F)F)c3)ncn2)c1.Nc1cccc(CS(N)(=O)=O)c1.OB(O)c1cccc(C(F)(F)F)c1. The third-order valence-electron chi connectivity index (χ3n) is 11.4. The molecule has 0 bridgehead atoms. The van der Waals surface area contributed by atoms with E-state index < -0.39 is 74.1 Å². The van der Waals surface area contributed by atoms with Crippen molar-refractivity contribution < 1.29 is 79.6 Å². The summed E-state index contributed by atoms with van der Waals surface area (Å²) in [6, 6.07) is 37.5. The number of hydrogen-bond donors (Lipinski definition) is 6. The fourth-order valence-corrected chi connectivity index (χ4v) is 9.29. The zero-order valence-electron chi connectivity index (χ0n) is 47.7. The van der Waals surface area contributed by atoms with Crippen molar-refractivity contribution in [1.82, 2.24) is 39.9 Å². The molecule has 10 rings (SSSR count). The number of nitrogens with one attached hydrogen (secondary N) is 1. The number of hydrogen-bond acceptors (Lipinski definition) is 16. The Kier molecular flexibility index (Phi) is 27.7. The highest BCUT2D eigenvalue weighted by atomic mass is 35.5. The average molecular weight is 1450 g/mol. The Balaban J connectivity index is 0.000000215. The van der Waals surface area contributed by atoms with Gasteiger partial charge in [0.15, 0.2) is 0 Å². The first kappa shape index (κ1) is 77.1. The zero-order chi connectivity index (χ0) is 70.5. The van der Waals surface area contributed by atoms with E-state index in [9.17, 15) is 69.5 Å². The van der Waals surface area contributed by atoms with Gasteiger partial charge in [-0.05, 0) is 77.3 Å². The number of anilines is 3. The van der Waals surface area contributed by atoms with Crippen LogP contribution in [0.1, 0.15) is 33.4 Å². The number of benzene rings is 6. The van der Waals surface area contributed by atoms with Crippen molar-refractivity contribution in [2.75, 3.05) is 11.1 Å². The van der Waals surface area contributed by atoms with Crippen molar-refractivity contribution in [2.24, 2.45) is 10.3 Å². The molecule has 4 heterocycles. The van der Waals surface area contributed by atoms with E-state index in [1.165, 1.54) is 92.0 Å².